The van der Waals surface area contributed by atoms with Crippen LogP contribution in [0.3, 0.4) is 0 Å². The molecule has 3 spiro atoms. The second kappa shape index (κ2) is 4.89. The number of aliphatic hydroxyl groups excluding tert-OH is 2. The molecule has 3 saturated heterocycles. The van der Waals surface area contributed by atoms with Crippen molar-refractivity contribution in [2.24, 2.45) is 34.0 Å². The Kier molecular flexibility index (Phi) is 3.15. The normalized spacial score (nSPS) is 58.1. The fourth-order valence-corrected chi connectivity index (χ4v) is 8.33. The fraction of sp³-hybridized carbons (Fsp3) is 0.783. The number of aliphatic hydroxyl groups is 2. The van der Waals surface area contributed by atoms with Crippen molar-refractivity contribution >= 4 is 5.78 Å². The minimum atomic E-state index is -1.49. The van der Waals surface area contributed by atoms with E-state index in [2.05, 4.69) is 6.58 Å². The molecule has 4 aliphatic carbocycles. The first kappa shape index (κ1) is 18.7. The summed E-state index contributed by atoms with van der Waals surface area (Å²) in [6.45, 7) is 12.1. The maximum Gasteiger partial charge on any atom is 0.213 e. The van der Waals surface area contributed by atoms with Crippen molar-refractivity contribution in [1.29, 1.82) is 0 Å². The van der Waals surface area contributed by atoms with Crippen molar-refractivity contribution in [3.05, 3.63) is 24.3 Å². The lowest BCUT2D eigenvalue weighted by Gasteiger charge is -2.76. The molecule has 6 fully saturated rings. The number of carbonyl (C=O) groups is 1. The zero-order valence-corrected chi connectivity index (χ0v) is 17.5. The SMILES string of the molecule is C=C1C(=O)[C@@]23[C@@H]4OC(C)(C)O[C@@]25OC[C@]2(C=C[C@H](O)C(C)(C)[C@H]2[C@@H]5O)[C@@H]3CC[C@@H]14. The summed E-state index contributed by atoms with van der Waals surface area (Å²) in [5.74, 6) is -3.04. The topological polar surface area (TPSA) is 85.2 Å². The van der Waals surface area contributed by atoms with E-state index in [1.54, 1.807) is 0 Å². The summed E-state index contributed by atoms with van der Waals surface area (Å²) in [5.41, 5.74) is -1.67. The van der Waals surface area contributed by atoms with Crippen LogP contribution in [0.25, 0.3) is 0 Å². The van der Waals surface area contributed by atoms with Crippen LogP contribution in [0, 0.1) is 34.0 Å². The van der Waals surface area contributed by atoms with Crippen molar-refractivity contribution in [2.45, 2.75) is 70.4 Å². The van der Waals surface area contributed by atoms with Gasteiger partial charge in [0.1, 0.15) is 11.5 Å². The number of hydrogen-bond donors (Lipinski definition) is 2. The van der Waals surface area contributed by atoms with Gasteiger partial charge in [0.05, 0.1) is 18.8 Å². The predicted molar refractivity (Wildman–Crippen MR) is 102 cm³/mol. The summed E-state index contributed by atoms with van der Waals surface area (Å²) in [6, 6.07) is 0. The molecule has 6 heteroatoms. The Balaban J connectivity index is 1.68. The van der Waals surface area contributed by atoms with Crippen molar-refractivity contribution in [2.75, 3.05) is 6.61 Å². The number of hydrogen-bond acceptors (Lipinski definition) is 6. The number of carbonyl (C=O) groups excluding carboxylic acids is 1. The largest absolute Gasteiger partial charge is 0.388 e. The van der Waals surface area contributed by atoms with Crippen LogP contribution in [0.4, 0.5) is 0 Å². The van der Waals surface area contributed by atoms with Crippen LogP contribution in [0.2, 0.25) is 0 Å². The third kappa shape index (κ3) is 1.65. The van der Waals surface area contributed by atoms with Crippen molar-refractivity contribution in [1.82, 2.24) is 0 Å². The highest BCUT2D eigenvalue weighted by molar-refractivity contribution is 6.05. The Morgan fingerprint density at radius 2 is 1.90 bits per heavy atom. The zero-order valence-electron chi connectivity index (χ0n) is 17.5. The molecule has 4 bridgehead atoms. The van der Waals surface area contributed by atoms with E-state index < -0.39 is 46.1 Å². The molecule has 7 rings (SSSR count). The molecule has 7 aliphatic rings. The molecule has 3 heterocycles. The number of ether oxygens (including phenoxy) is 3. The van der Waals surface area contributed by atoms with Crippen LogP contribution >= 0.6 is 0 Å². The molecule has 0 unspecified atom stereocenters. The molecule has 3 saturated carbocycles. The van der Waals surface area contributed by atoms with E-state index in [0.717, 1.165) is 12.8 Å². The van der Waals surface area contributed by atoms with Gasteiger partial charge in [0.2, 0.25) is 5.79 Å². The molecular formula is C23H30O6. The highest BCUT2D eigenvalue weighted by Crippen LogP contribution is 2.78. The van der Waals surface area contributed by atoms with Gasteiger partial charge in [-0.15, -0.1) is 0 Å². The summed E-state index contributed by atoms with van der Waals surface area (Å²) < 4.78 is 19.3. The molecule has 2 N–H and O–H groups in total. The second-order valence-electron chi connectivity index (χ2n) is 11.1. The number of fused-ring (bicyclic) bond motifs is 1. The molecule has 6 nitrogen and oxygen atoms in total. The van der Waals surface area contributed by atoms with Crippen molar-refractivity contribution in [3.8, 4) is 0 Å². The van der Waals surface area contributed by atoms with Crippen LogP contribution in [-0.2, 0) is 19.0 Å². The summed E-state index contributed by atoms with van der Waals surface area (Å²) in [6.07, 6.45) is 3.33. The first-order valence-corrected chi connectivity index (χ1v) is 10.8. The lowest BCUT2D eigenvalue weighted by molar-refractivity contribution is -0.524. The van der Waals surface area contributed by atoms with E-state index in [-0.39, 0.29) is 23.5 Å². The summed E-state index contributed by atoms with van der Waals surface area (Å²) in [4.78, 5) is 13.9. The lowest BCUT2D eigenvalue weighted by Crippen LogP contribution is -2.87. The van der Waals surface area contributed by atoms with Gasteiger partial charge in [-0.1, -0.05) is 32.6 Å². The van der Waals surface area contributed by atoms with E-state index in [9.17, 15) is 15.0 Å². The maximum atomic E-state index is 13.9. The van der Waals surface area contributed by atoms with E-state index in [1.807, 2.05) is 39.8 Å². The third-order valence-electron chi connectivity index (χ3n) is 9.25. The van der Waals surface area contributed by atoms with Gasteiger partial charge in [-0.25, -0.2) is 0 Å². The first-order valence-electron chi connectivity index (χ1n) is 10.8. The summed E-state index contributed by atoms with van der Waals surface area (Å²) in [5, 5.41) is 22.7. The van der Waals surface area contributed by atoms with Crippen LogP contribution in [0.5, 0.6) is 0 Å². The fourth-order valence-electron chi connectivity index (χ4n) is 8.33. The van der Waals surface area contributed by atoms with E-state index in [4.69, 9.17) is 14.2 Å². The van der Waals surface area contributed by atoms with Crippen molar-refractivity contribution < 1.29 is 29.2 Å². The summed E-state index contributed by atoms with van der Waals surface area (Å²) in [7, 11) is 0. The Hall–Kier alpha value is -1.05. The molecule has 158 valence electrons. The van der Waals surface area contributed by atoms with Gasteiger partial charge in [0.15, 0.2) is 11.6 Å². The standard InChI is InChI=1S/C23H30O6/c1-11-12-6-7-13-21-9-8-14(24)19(2,3)15(21)17(26)23(27-10-21)22(13,16(11)25)18(12)28-20(4,5)29-23/h8-9,12-15,17-18,24,26H,1,6-7,10H2,2-5H3/t12-,13-,14-,15+,17-,18+,21+,22-,23+/m0/s1. The van der Waals surface area contributed by atoms with Crippen LogP contribution in [0.15, 0.2) is 24.3 Å². The average Bonchev–Trinajstić information content (AvgIpc) is 2.75. The molecular weight excluding hydrogens is 372 g/mol. The minimum Gasteiger partial charge on any atom is -0.388 e. The molecule has 0 amide bonds. The Bertz CT molecular complexity index is 875. The highest BCUT2D eigenvalue weighted by atomic mass is 16.8. The number of Topliss-reactive ketones (excluding diaryl/α,β-unsaturated/α-hetero) is 1. The van der Waals surface area contributed by atoms with Gasteiger partial charge in [-0.2, -0.15) is 0 Å². The summed E-state index contributed by atoms with van der Waals surface area (Å²) >= 11 is 0. The Morgan fingerprint density at radius 1 is 1.17 bits per heavy atom. The zero-order chi connectivity index (χ0) is 20.8. The molecule has 0 radical (unpaired) electrons. The first-order chi connectivity index (χ1) is 13.5. The van der Waals surface area contributed by atoms with Crippen molar-refractivity contribution in [3.63, 3.8) is 0 Å². The monoisotopic (exact) mass is 402 g/mol. The third-order valence-corrected chi connectivity index (χ3v) is 9.25. The molecule has 3 aliphatic heterocycles. The number of rotatable bonds is 0. The van der Waals surface area contributed by atoms with E-state index >= 15 is 0 Å². The molecule has 29 heavy (non-hydrogen) atoms. The van der Waals surface area contributed by atoms with Crippen LogP contribution in [-0.4, -0.2) is 52.5 Å². The molecule has 0 aromatic carbocycles. The smallest absolute Gasteiger partial charge is 0.213 e. The van der Waals surface area contributed by atoms with Crippen LogP contribution < -0.4 is 0 Å². The molecule has 0 aromatic rings. The number of ketones is 1. The average molecular weight is 402 g/mol. The van der Waals surface area contributed by atoms with E-state index in [1.165, 1.54) is 0 Å². The minimum absolute atomic E-state index is 0.0700. The molecule has 0 aromatic heterocycles. The lowest BCUT2D eigenvalue weighted by atomic mass is 9.37. The molecule has 9 atom stereocenters. The highest BCUT2D eigenvalue weighted by Gasteiger charge is 2.88. The van der Waals surface area contributed by atoms with Gasteiger partial charge in [-0.3, -0.25) is 4.79 Å². The van der Waals surface area contributed by atoms with Gasteiger partial charge in [-0.05, 0) is 38.2 Å². The van der Waals surface area contributed by atoms with Gasteiger partial charge in [0, 0.05) is 22.7 Å². The second-order valence-corrected chi connectivity index (χ2v) is 11.1. The van der Waals surface area contributed by atoms with Gasteiger partial charge < -0.3 is 24.4 Å². The van der Waals surface area contributed by atoms with Gasteiger partial charge >= 0.3 is 0 Å². The van der Waals surface area contributed by atoms with Gasteiger partial charge in [0.25, 0.3) is 0 Å². The predicted octanol–water partition coefficient (Wildman–Crippen LogP) is 1.95. The van der Waals surface area contributed by atoms with E-state index in [0.29, 0.717) is 12.2 Å². The quantitative estimate of drug-likeness (QED) is 0.476. The Labute approximate surface area is 170 Å². The maximum absolute atomic E-state index is 13.9. The van der Waals surface area contributed by atoms with Crippen LogP contribution in [0.1, 0.15) is 40.5 Å². The Morgan fingerprint density at radius 3 is 2.62 bits per heavy atom.